The Kier molecular flexibility index (Phi) is 5.11. The SMILES string of the molecule is c1ccc(N(c2ccccc2)c2ccc(C3(c4ccccc4)c4cccc5ccc6cccc3c6c45)cc2)cc1. The summed E-state index contributed by atoms with van der Waals surface area (Å²) < 4.78 is 0. The normalized spacial score (nSPS) is 13.2. The Hall–Kier alpha value is -5.14. The Bertz CT molecular complexity index is 1870. The van der Waals surface area contributed by atoms with Gasteiger partial charge in [0.1, 0.15) is 0 Å². The third kappa shape index (κ3) is 3.21. The van der Waals surface area contributed by atoms with E-state index in [0.717, 1.165) is 17.1 Å². The Morgan fingerprint density at radius 3 is 1.25 bits per heavy atom. The van der Waals surface area contributed by atoms with Crippen LogP contribution in [0.25, 0.3) is 21.5 Å². The van der Waals surface area contributed by atoms with E-state index < -0.39 is 5.41 Å². The highest BCUT2D eigenvalue weighted by atomic mass is 15.1. The predicted octanol–water partition coefficient (Wildman–Crippen LogP) is 10.2. The van der Waals surface area contributed by atoms with Gasteiger partial charge in [-0.3, -0.25) is 0 Å². The van der Waals surface area contributed by atoms with Gasteiger partial charge in [0, 0.05) is 17.1 Å². The third-order valence-corrected chi connectivity index (χ3v) is 8.49. The molecule has 7 aromatic carbocycles. The lowest BCUT2D eigenvalue weighted by molar-refractivity contribution is 0.771. The molecule has 0 aliphatic heterocycles. The molecule has 188 valence electrons. The molecule has 0 spiro atoms. The van der Waals surface area contributed by atoms with Crippen molar-refractivity contribution in [1.29, 1.82) is 0 Å². The van der Waals surface area contributed by atoms with Crippen LogP contribution in [-0.4, -0.2) is 0 Å². The fraction of sp³-hybridized carbons (Fsp3) is 0.0256. The fourth-order valence-electron chi connectivity index (χ4n) is 6.86. The number of nitrogens with zero attached hydrogens (tertiary/aromatic N) is 1. The van der Waals surface area contributed by atoms with E-state index in [1.165, 1.54) is 43.8 Å². The van der Waals surface area contributed by atoms with Crippen molar-refractivity contribution in [1.82, 2.24) is 0 Å². The van der Waals surface area contributed by atoms with Crippen LogP contribution in [0.1, 0.15) is 22.3 Å². The molecule has 40 heavy (non-hydrogen) atoms. The minimum atomic E-state index is -0.396. The highest BCUT2D eigenvalue weighted by Crippen LogP contribution is 2.55. The van der Waals surface area contributed by atoms with E-state index in [4.69, 9.17) is 0 Å². The topological polar surface area (TPSA) is 3.24 Å². The zero-order valence-corrected chi connectivity index (χ0v) is 22.0. The van der Waals surface area contributed by atoms with Gasteiger partial charge in [-0.25, -0.2) is 0 Å². The summed E-state index contributed by atoms with van der Waals surface area (Å²) in [5, 5.41) is 5.34. The second-order valence-corrected chi connectivity index (χ2v) is 10.5. The van der Waals surface area contributed by atoms with Gasteiger partial charge in [0.2, 0.25) is 0 Å². The quantitative estimate of drug-likeness (QED) is 0.209. The van der Waals surface area contributed by atoms with E-state index in [2.05, 4.69) is 169 Å². The van der Waals surface area contributed by atoms with Crippen LogP contribution < -0.4 is 4.90 Å². The molecule has 0 radical (unpaired) electrons. The first-order chi connectivity index (χ1) is 19.9. The summed E-state index contributed by atoms with van der Waals surface area (Å²) in [5.41, 5.74) is 8.31. The lowest BCUT2D eigenvalue weighted by atomic mass is 9.67. The number of para-hydroxylation sites is 2. The van der Waals surface area contributed by atoms with Crippen molar-refractivity contribution >= 4 is 38.6 Å². The summed E-state index contributed by atoms with van der Waals surface area (Å²) in [4.78, 5) is 2.32. The van der Waals surface area contributed by atoms with Gasteiger partial charge >= 0.3 is 0 Å². The Morgan fingerprint density at radius 1 is 0.325 bits per heavy atom. The molecule has 0 amide bonds. The number of hydrogen-bond acceptors (Lipinski definition) is 1. The molecule has 1 nitrogen and oxygen atoms in total. The molecule has 1 heteroatoms. The molecule has 1 aliphatic rings. The summed E-state index contributed by atoms with van der Waals surface area (Å²) in [6.07, 6.45) is 0. The average Bonchev–Trinajstić information content (AvgIpc) is 3.35. The Balaban J connectivity index is 1.38. The zero-order valence-electron chi connectivity index (χ0n) is 22.0. The summed E-state index contributed by atoms with van der Waals surface area (Å²) in [5.74, 6) is 0. The summed E-state index contributed by atoms with van der Waals surface area (Å²) in [6, 6.07) is 59.6. The number of rotatable bonds is 5. The summed E-state index contributed by atoms with van der Waals surface area (Å²) in [7, 11) is 0. The van der Waals surface area contributed by atoms with E-state index in [-0.39, 0.29) is 0 Å². The maximum atomic E-state index is 2.34. The van der Waals surface area contributed by atoms with Crippen LogP contribution in [0.2, 0.25) is 0 Å². The molecule has 0 saturated carbocycles. The van der Waals surface area contributed by atoms with Crippen LogP contribution in [-0.2, 0) is 5.41 Å². The van der Waals surface area contributed by atoms with Crippen molar-refractivity contribution in [3.05, 3.63) is 186 Å². The molecule has 0 aromatic heterocycles. The van der Waals surface area contributed by atoms with Gasteiger partial charge < -0.3 is 4.90 Å². The minimum absolute atomic E-state index is 0.396. The molecule has 0 fully saturated rings. The Morgan fingerprint density at radius 2 is 0.750 bits per heavy atom. The van der Waals surface area contributed by atoms with E-state index in [1.807, 2.05) is 0 Å². The summed E-state index contributed by atoms with van der Waals surface area (Å²) >= 11 is 0. The van der Waals surface area contributed by atoms with E-state index in [1.54, 1.807) is 0 Å². The van der Waals surface area contributed by atoms with Crippen molar-refractivity contribution in [3.8, 4) is 0 Å². The molecule has 0 atom stereocenters. The summed E-state index contributed by atoms with van der Waals surface area (Å²) in [6.45, 7) is 0. The first-order valence-electron chi connectivity index (χ1n) is 13.9. The second kappa shape index (κ2) is 8.97. The van der Waals surface area contributed by atoms with E-state index >= 15 is 0 Å². The molecule has 1 aliphatic carbocycles. The van der Waals surface area contributed by atoms with Gasteiger partial charge in [0.25, 0.3) is 0 Å². The van der Waals surface area contributed by atoms with Gasteiger partial charge in [-0.2, -0.15) is 0 Å². The number of benzene rings is 7. The molecular formula is C39H27N. The predicted molar refractivity (Wildman–Crippen MR) is 168 cm³/mol. The lowest BCUT2D eigenvalue weighted by Gasteiger charge is -2.35. The first-order valence-corrected chi connectivity index (χ1v) is 13.9. The minimum Gasteiger partial charge on any atom is -0.311 e. The van der Waals surface area contributed by atoms with Crippen LogP contribution in [0.4, 0.5) is 17.1 Å². The van der Waals surface area contributed by atoms with Crippen LogP contribution >= 0.6 is 0 Å². The molecule has 0 bridgehead atoms. The van der Waals surface area contributed by atoms with Gasteiger partial charge in [-0.1, -0.05) is 127 Å². The molecule has 0 saturated heterocycles. The zero-order chi connectivity index (χ0) is 26.5. The van der Waals surface area contributed by atoms with Crippen molar-refractivity contribution < 1.29 is 0 Å². The monoisotopic (exact) mass is 509 g/mol. The maximum Gasteiger partial charge on any atom is 0.0714 e. The second-order valence-electron chi connectivity index (χ2n) is 10.5. The van der Waals surface area contributed by atoms with Crippen LogP contribution in [0.15, 0.2) is 164 Å². The van der Waals surface area contributed by atoms with Crippen molar-refractivity contribution in [2.45, 2.75) is 5.41 Å². The van der Waals surface area contributed by atoms with Crippen molar-refractivity contribution in [3.63, 3.8) is 0 Å². The molecule has 0 unspecified atom stereocenters. The standard InChI is InChI=1S/C39H27N/c1-4-14-30(15-5-1)39(35-20-10-12-28-22-23-29-13-11-21-36(39)38(29)37(28)35)31-24-26-34(27-25-31)40(32-16-6-2-7-17-32)33-18-8-3-9-19-33/h1-27H. The first kappa shape index (κ1) is 22.8. The van der Waals surface area contributed by atoms with Crippen molar-refractivity contribution in [2.24, 2.45) is 0 Å². The fourth-order valence-corrected chi connectivity index (χ4v) is 6.86. The maximum absolute atomic E-state index is 2.34. The van der Waals surface area contributed by atoms with Crippen molar-refractivity contribution in [2.75, 3.05) is 4.90 Å². The van der Waals surface area contributed by atoms with Gasteiger partial charge in [0.05, 0.1) is 5.41 Å². The third-order valence-electron chi connectivity index (χ3n) is 8.49. The van der Waals surface area contributed by atoms with Gasteiger partial charge in [-0.15, -0.1) is 0 Å². The number of anilines is 3. The molecule has 7 aromatic rings. The van der Waals surface area contributed by atoms with Crippen LogP contribution in [0, 0.1) is 0 Å². The van der Waals surface area contributed by atoms with E-state index in [0.29, 0.717) is 0 Å². The van der Waals surface area contributed by atoms with E-state index in [9.17, 15) is 0 Å². The molecular weight excluding hydrogens is 482 g/mol. The molecule has 8 rings (SSSR count). The molecule has 0 heterocycles. The average molecular weight is 510 g/mol. The lowest BCUT2D eigenvalue weighted by Crippen LogP contribution is -2.28. The van der Waals surface area contributed by atoms with Gasteiger partial charge in [-0.05, 0) is 80.2 Å². The highest BCUT2D eigenvalue weighted by Gasteiger charge is 2.44. The largest absolute Gasteiger partial charge is 0.311 e. The van der Waals surface area contributed by atoms with Gasteiger partial charge in [0.15, 0.2) is 0 Å². The van der Waals surface area contributed by atoms with Crippen LogP contribution in [0.3, 0.4) is 0 Å². The highest BCUT2D eigenvalue weighted by molar-refractivity contribution is 6.16. The smallest absolute Gasteiger partial charge is 0.0714 e. The Labute approximate surface area is 234 Å². The molecule has 0 N–H and O–H groups in total. The van der Waals surface area contributed by atoms with Crippen LogP contribution in [0.5, 0.6) is 0 Å². The number of hydrogen-bond donors (Lipinski definition) is 0.